The number of benzene rings is 1. The third kappa shape index (κ3) is 2.96. The van der Waals surface area contributed by atoms with E-state index in [0.29, 0.717) is 17.9 Å². The van der Waals surface area contributed by atoms with Gasteiger partial charge in [-0.25, -0.2) is 4.79 Å². The molecule has 1 fully saturated rings. The summed E-state index contributed by atoms with van der Waals surface area (Å²) < 4.78 is 5.77. The quantitative estimate of drug-likeness (QED) is 0.887. The van der Waals surface area contributed by atoms with Gasteiger partial charge in [-0.15, -0.1) is 0 Å². The standard InChI is InChI=1S/C18H21NO4/c1-9-4-5-10(2)15-14(9)11(3)16(23-15)17(20)19-13(18(21)22)8-12-6-7-12/h4-5,12-13H,6-8H2,1-3H3,(H,19,20)(H,21,22). The first-order valence-electron chi connectivity index (χ1n) is 7.91. The number of aryl methyl sites for hydroxylation is 3. The first-order valence-corrected chi connectivity index (χ1v) is 7.91. The maximum absolute atomic E-state index is 12.5. The molecule has 122 valence electrons. The summed E-state index contributed by atoms with van der Waals surface area (Å²) in [4.78, 5) is 23.9. The molecule has 5 nitrogen and oxygen atoms in total. The number of carbonyl (C=O) groups is 2. The molecule has 23 heavy (non-hydrogen) atoms. The zero-order chi connectivity index (χ0) is 16.7. The number of carboxylic acids is 1. The van der Waals surface area contributed by atoms with Gasteiger partial charge in [0.1, 0.15) is 11.6 Å². The van der Waals surface area contributed by atoms with Gasteiger partial charge in [-0.05, 0) is 44.2 Å². The zero-order valence-electron chi connectivity index (χ0n) is 13.6. The second-order valence-electron chi connectivity index (χ2n) is 6.50. The highest BCUT2D eigenvalue weighted by molar-refractivity contribution is 6.01. The van der Waals surface area contributed by atoms with Crippen LogP contribution in [-0.2, 0) is 4.79 Å². The van der Waals surface area contributed by atoms with E-state index < -0.39 is 17.9 Å². The Kier molecular flexibility index (Phi) is 3.88. The number of aliphatic carboxylic acids is 1. The second-order valence-corrected chi connectivity index (χ2v) is 6.50. The number of hydrogen-bond donors (Lipinski definition) is 2. The van der Waals surface area contributed by atoms with Crippen LogP contribution in [0.15, 0.2) is 16.5 Å². The average molecular weight is 315 g/mol. The fourth-order valence-electron chi connectivity index (χ4n) is 3.02. The molecule has 0 radical (unpaired) electrons. The van der Waals surface area contributed by atoms with Crippen LogP contribution < -0.4 is 5.32 Å². The van der Waals surface area contributed by atoms with Gasteiger partial charge in [-0.2, -0.15) is 0 Å². The number of nitrogens with one attached hydrogen (secondary N) is 1. The number of rotatable bonds is 5. The Morgan fingerprint density at radius 3 is 2.48 bits per heavy atom. The molecule has 1 amide bonds. The molecule has 1 aromatic carbocycles. The van der Waals surface area contributed by atoms with Gasteiger partial charge in [0.05, 0.1) is 0 Å². The van der Waals surface area contributed by atoms with E-state index in [2.05, 4.69) is 5.32 Å². The first-order chi connectivity index (χ1) is 10.9. The Morgan fingerprint density at radius 2 is 1.91 bits per heavy atom. The van der Waals surface area contributed by atoms with Crippen molar-refractivity contribution in [2.24, 2.45) is 5.92 Å². The lowest BCUT2D eigenvalue weighted by Gasteiger charge is -2.13. The van der Waals surface area contributed by atoms with E-state index in [1.807, 2.05) is 32.9 Å². The second kappa shape index (κ2) is 5.72. The number of amides is 1. The van der Waals surface area contributed by atoms with Gasteiger partial charge in [0.15, 0.2) is 5.76 Å². The van der Waals surface area contributed by atoms with Gasteiger partial charge in [0.2, 0.25) is 0 Å². The minimum Gasteiger partial charge on any atom is -0.480 e. The van der Waals surface area contributed by atoms with Gasteiger partial charge in [0.25, 0.3) is 5.91 Å². The van der Waals surface area contributed by atoms with E-state index in [1.54, 1.807) is 0 Å². The Bertz CT molecular complexity index is 786. The Balaban J connectivity index is 1.91. The molecule has 1 aliphatic rings. The van der Waals surface area contributed by atoms with Crippen molar-refractivity contribution >= 4 is 22.8 Å². The van der Waals surface area contributed by atoms with E-state index in [1.165, 1.54) is 0 Å². The van der Waals surface area contributed by atoms with Crippen LogP contribution in [-0.4, -0.2) is 23.0 Å². The third-order valence-electron chi connectivity index (χ3n) is 4.56. The molecule has 1 aliphatic carbocycles. The molecule has 0 saturated heterocycles. The van der Waals surface area contributed by atoms with E-state index in [9.17, 15) is 14.7 Å². The molecule has 0 bridgehead atoms. The summed E-state index contributed by atoms with van der Waals surface area (Å²) >= 11 is 0. The fraction of sp³-hybridized carbons (Fsp3) is 0.444. The smallest absolute Gasteiger partial charge is 0.326 e. The average Bonchev–Trinajstić information content (AvgIpc) is 3.23. The van der Waals surface area contributed by atoms with Crippen molar-refractivity contribution in [3.63, 3.8) is 0 Å². The van der Waals surface area contributed by atoms with Gasteiger partial charge in [0, 0.05) is 10.9 Å². The van der Waals surface area contributed by atoms with Crippen LogP contribution in [0.3, 0.4) is 0 Å². The highest BCUT2D eigenvalue weighted by Crippen LogP contribution is 2.34. The molecule has 3 rings (SSSR count). The normalized spacial score (nSPS) is 15.6. The summed E-state index contributed by atoms with van der Waals surface area (Å²) in [7, 11) is 0. The van der Waals surface area contributed by atoms with Crippen LogP contribution >= 0.6 is 0 Å². The molecule has 2 N–H and O–H groups in total. The Hall–Kier alpha value is -2.30. The molecule has 1 unspecified atom stereocenters. The summed E-state index contributed by atoms with van der Waals surface area (Å²) in [6, 6.07) is 3.09. The van der Waals surface area contributed by atoms with Crippen molar-refractivity contribution in [1.82, 2.24) is 5.32 Å². The maximum atomic E-state index is 12.5. The largest absolute Gasteiger partial charge is 0.480 e. The maximum Gasteiger partial charge on any atom is 0.326 e. The monoisotopic (exact) mass is 315 g/mol. The third-order valence-corrected chi connectivity index (χ3v) is 4.56. The summed E-state index contributed by atoms with van der Waals surface area (Å²) in [6.07, 6.45) is 2.57. The van der Waals surface area contributed by atoms with E-state index in [-0.39, 0.29) is 5.76 Å². The highest BCUT2D eigenvalue weighted by atomic mass is 16.4. The van der Waals surface area contributed by atoms with Crippen molar-refractivity contribution in [2.75, 3.05) is 0 Å². The molecule has 1 saturated carbocycles. The van der Waals surface area contributed by atoms with Crippen LogP contribution in [0.4, 0.5) is 0 Å². The van der Waals surface area contributed by atoms with Crippen LogP contribution in [0.25, 0.3) is 11.0 Å². The lowest BCUT2D eigenvalue weighted by Crippen LogP contribution is -2.41. The van der Waals surface area contributed by atoms with Crippen LogP contribution in [0.2, 0.25) is 0 Å². The predicted molar refractivity (Wildman–Crippen MR) is 86.7 cm³/mol. The molecule has 0 spiro atoms. The lowest BCUT2D eigenvalue weighted by molar-refractivity contribution is -0.139. The Morgan fingerprint density at radius 1 is 1.26 bits per heavy atom. The van der Waals surface area contributed by atoms with Gasteiger partial charge in [-0.1, -0.05) is 25.0 Å². The molecule has 0 aliphatic heterocycles. The summed E-state index contributed by atoms with van der Waals surface area (Å²) in [5, 5.41) is 12.8. The number of carbonyl (C=O) groups excluding carboxylic acids is 1. The molecule has 5 heteroatoms. The number of fused-ring (bicyclic) bond motifs is 1. The summed E-state index contributed by atoms with van der Waals surface area (Å²) in [5.41, 5.74) is 3.45. The number of carboxylic acid groups (broad SMARTS) is 1. The molecule has 1 aromatic heterocycles. The first kappa shape index (κ1) is 15.6. The van der Waals surface area contributed by atoms with Crippen molar-refractivity contribution in [3.05, 3.63) is 34.6 Å². The number of furan rings is 1. The highest BCUT2D eigenvalue weighted by Gasteiger charge is 2.31. The van der Waals surface area contributed by atoms with Gasteiger partial charge < -0.3 is 14.8 Å². The lowest BCUT2D eigenvalue weighted by atomic mass is 10.0. The van der Waals surface area contributed by atoms with E-state index >= 15 is 0 Å². The predicted octanol–water partition coefficient (Wildman–Crippen LogP) is 3.34. The van der Waals surface area contributed by atoms with Crippen molar-refractivity contribution in [3.8, 4) is 0 Å². The zero-order valence-corrected chi connectivity index (χ0v) is 13.6. The summed E-state index contributed by atoms with van der Waals surface area (Å²) in [5.74, 6) is -0.825. The molecular formula is C18H21NO4. The van der Waals surface area contributed by atoms with Crippen LogP contribution in [0.1, 0.15) is 46.5 Å². The fourth-order valence-corrected chi connectivity index (χ4v) is 3.02. The minimum atomic E-state index is -0.994. The van der Waals surface area contributed by atoms with Gasteiger partial charge in [-0.3, -0.25) is 4.79 Å². The van der Waals surface area contributed by atoms with Crippen molar-refractivity contribution in [1.29, 1.82) is 0 Å². The SMILES string of the molecule is Cc1ccc(C)c2c(C)c(C(=O)NC(CC3CC3)C(=O)O)oc12. The minimum absolute atomic E-state index is 0.208. The topological polar surface area (TPSA) is 79.5 Å². The van der Waals surface area contributed by atoms with E-state index in [4.69, 9.17) is 4.42 Å². The van der Waals surface area contributed by atoms with Crippen molar-refractivity contribution in [2.45, 2.75) is 46.1 Å². The van der Waals surface area contributed by atoms with Crippen LogP contribution in [0, 0.1) is 26.7 Å². The van der Waals surface area contributed by atoms with E-state index in [0.717, 1.165) is 34.9 Å². The number of hydrogen-bond acceptors (Lipinski definition) is 3. The van der Waals surface area contributed by atoms with Crippen molar-refractivity contribution < 1.29 is 19.1 Å². The summed E-state index contributed by atoms with van der Waals surface area (Å²) in [6.45, 7) is 5.74. The molecule has 2 aromatic rings. The molecule has 1 atom stereocenters. The molecular weight excluding hydrogens is 294 g/mol. The van der Waals surface area contributed by atoms with Gasteiger partial charge >= 0.3 is 5.97 Å². The molecule has 1 heterocycles. The van der Waals surface area contributed by atoms with Crippen LogP contribution in [0.5, 0.6) is 0 Å². The Labute approximate surface area is 134 Å².